The number of hydrogen-bond donors (Lipinski definition) is 1. The highest BCUT2D eigenvalue weighted by Crippen LogP contribution is 2.28. The fraction of sp³-hybridized carbons (Fsp3) is 0.353. The smallest absolute Gasteiger partial charge is 0.326 e. The SMILES string of the molecule is CC(=O)c1ccc(NC(=O)C(C)Cn2nc(C(F)(F)F)cc2C)cc1. The van der Waals surface area contributed by atoms with Crippen LogP contribution in [0.15, 0.2) is 30.3 Å². The molecular weight excluding hydrogens is 335 g/mol. The lowest BCUT2D eigenvalue weighted by molar-refractivity contribution is -0.141. The van der Waals surface area contributed by atoms with Crippen LogP contribution in [0, 0.1) is 12.8 Å². The van der Waals surface area contributed by atoms with Crippen molar-refractivity contribution < 1.29 is 22.8 Å². The number of carbonyl (C=O) groups is 2. The summed E-state index contributed by atoms with van der Waals surface area (Å²) in [6.45, 7) is 4.58. The van der Waals surface area contributed by atoms with Gasteiger partial charge in [0.1, 0.15) is 0 Å². The largest absolute Gasteiger partial charge is 0.435 e. The molecule has 0 aliphatic rings. The maximum absolute atomic E-state index is 12.7. The molecule has 0 aliphatic carbocycles. The third kappa shape index (κ3) is 4.68. The molecule has 1 N–H and O–H groups in total. The predicted molar refractivity (Wildman–Crippen MR) is 86.2 cm³/mol. The van der Waals surface area contributed by atoms with Gasteiger partial charge in [0, 0.05) is 16.9 Å². The molecular formula is C17H18F3N3O2. The number of hydrogen-bond acceptors (Lipinski definition) is 3. The van der Waals surface area contributed by atoms with Gasteiger partial charge in [0.25, 0.3) is 0 Å². The molecule has 1 unspecified atom stereocenters. The number of aryl methyl sites for hydroxylation is 1. The van der Waals surface area contributed by atoms with Crippen molar-refractivity contribution in [3.63, 3.8) is 0 Å². The fourth-order valence-electron chi connectivity index (χ4n) is 2.23. The van der Waals surface area contributed by atoms with Gasteiger partial charge in [-0.3, -0.25) is 14.3 Å². The van der Waals surface area contributed by atoms with E-state index in [0.29, 0.717) is 16.9 Å². The van der Waals surface area contributed by atoms with Gasteiger partial charge in [-0.25, -0.2) is 0 Å². The summed E-state index contributed by atoms with van der Waals surface area (Å²) < 4.78 is 39.2. The average Bonchev–Trinajstić information content (AvgIpc) is 2.89. The molecule has 134 valence electrons. The van der Waals surface area contributed by atoms with Crippen LogP contribution < -0.4 is 5.32 Å². The van der Waals surface area contributed by atoms with Crippen molar-refractivity contribution in [2.45, 2.75) is 33.5 Å². The van der Waals surface area contributed by atoms with Gasteiger partial charge in [0.15, 0.2) is 11.5 Å². The molecule has 0 radical (unpaired) electrons. The number of Topliss-reactive ketones (excluding diaryl/α,β-unsaturated/α-hetero) is 1. The Labute approximate surface area is 142 Å². The van der Waals surface area contributed by atoms with E-state index in [2.05, 4.69) is 10.4 Å². The Morgan fingerprint density at radius 3 is 2.32 bits per heavy atom. The van der Waals surface area contributed by atoms with E-state index in [-0.39, 0.29) is 18.2 Å². The molecule has 5 nitrogen and oxygen atoms in total. The van der Waals surface area contributed by atoms with Crippen LogP contribution in [0.4, 0.5) is 18.9 Å². The van der Waals surface area contributed by atoms with Crippen molar-refractivity contribution in [2.24, 2.45) is 5.92 Å². The first-order valence-electron chi connectivity index (χ1n) is 7.61. The third-order valence-electron chi connectivity index (χ3n) is 3.72. The Kier molecular flexibility index (Phi) is 5.30. The van der Waals surface area contributed by atoms with E-state index in [9.17, 15) is 22.8 Å². The summed E-state index contributed by atoms with van der Waals surface area (Å²) in [5.41, 5.74) is 0.392. The van der Waals surface area contributed by atoms with Gasteiger partial charge in [-0.1, -0.05) is 6.92 Å². The number of alkyl halides is 3. The number of nitrogens with zero attached hydrogens (tertiary/aromatic N) is 2. The Balaban J connectivity index is 2.03. The molecule has 2 rings (SSSR count). The van der Waals surface area contributed by atoms with Crippen molar-refractivity contribution in [3.8, 4) is 0 Å². The number of rotatable bonds is 5. The van der Waals surface area contributed by atoms with E-state index in [1.165, 1.54) is 18.5 Å². The number of aromatic nitrogens is 2. The molecule has 1 aromatic heterocycles. The van der Waals surface area contributed by atoms with Crippen LogP contribution in [0.1, 0.15) is 35.6 Å². The van der Waals surface area contributed by atoms with Crippen LogP contribution in [0.3, 0.4) is 0 Å². The molecule has 1 aromatic carbocycles. The number of ketones is 1. The molecule has 0 aliphatic heterocycles. The zero-order valence-corrected chi connectivity index (χ0v) is 14.0. The molecule has 8 heteroatoms. The monoisotopic (exact) mass is 353 g/mol. The summed E-state index contributed by atoms with van der Waals surface area (Å²) in [6, 6.07) is 7.33. The molecule has 0 spiro atoms. The summed E-state index contributed by atoms with van der Waals surface area (Å²) in [4.78, 5) is 23.4. The number of carbonyl (C=O) groups excluding carboxylic acids is 2. The Hall–Kier alpha value is -2.64. The second-order valence-electron chi connectivity index (χ2n) is 5.87. The molecule has 0 saturated carbocycles. The van der Waals surface area contributed by atoms with Crippen molar-refractivity contribution in [1.29, 1.82) is 0 Å². The molecule has 0 saturated heterocycles. The Morgan fingerprint density at radius 1 is 1.24 bits per heavy atom. The van der Waals surface area contributed by atoms with E-state index < -0.39 is 17.8 Å². The number of nitrogens with one attached hydrogen (secondary N) is 1. The molecule has 1 amide bonds. The number of halogens is 3. The molecule has 25 heavy (non-hydrogen) atoms. The Morgan fingerprint density at radius 2 is 1.84 bits per heavy atom. The second-order valence-corrected chi connectivity index (χ2v) is 5.87. The minimum Gasteiger partial charge on any atom is -0.326 e. The van der Waals surface area contributed by atoms with Gasteiger partial charge in [-0.2, -0.15) is 18.3 Å². The maximum atomic E-state index is 12.7. The summed E-state index contributed by atoms with van der Waals surface area (Å²) in [5.74, 6) is -1.02. The van der Waals surface area contributed by atoms with Gasteiger partial charge in [-0.15, -0.1) is 0 Å². The first-order chi connectivity index (χ1) is 11.6. The van der Waals surface area contributed by atoms with E-state index in [4.69, 9.17) is 0 Å². The first kappa shape index (κ1) is 18.7. The van der Waals surface area contributed by atoms with E-state index in [0.717, 1.165) is 6.07 Å². The number of amides is 1. The van der Waals surface area contributed by atoms with Crippen molar-refractivity contribution in [3.05, 3.63) is 47.3 Å². The van der Waals surface area contributed by atoms with Crippen molar-refractivity contribution >= 4 is 17.4 Å². The van der Waals surface area contributed by atoms with Gasteiger partial charge in [0.2, 0.25) is 5.91 Å². The van der Waals surface area contributed by atoms with Crippen LogP contribution in [0.25, 0.3) is 0 Å². The van der Waals surface area contributed by atoms with Crippen LogP contribution in [0.5, 0.6) is 0 Å². The quantitative estimate of drug-likeness (QED) is 0.834. The molecule has 1 heterocycles. The van der Waals surface area contributed by atoms with Gasteiger partial charge >= 0.3 is 6.18 Å². The normalized spacial score (nSPS) is 12.7. The zero-order valence-electron chi connectivity index (χ0n) is 14.0. The number of benzene rings is 1. The lowest BCUT2D eigenvalue weighted by Crippen LogP contribution is -2.25. The predicted octanol–water partition coefficient (Wildman–Crippen LogP) is 3.69. The lowest BCUT2D eigenvalue weighted by Gasteiger charge is -2.13. The van der Waals surface area contributed by atoms with Crippen molar-refractivity contribution in [2.75, 3.05) is 5.32 Å². The molecule has 0 bridgehead atoms. The van der Waals surface area contributed by atoms with Gasteiger partial charge in [-0.05, 0) is 44.2 Å². The summed E-state index contributed by atoms with van der Waals surface area (Å²) in [7, 11) is 0. The summed E-state index contributed by atoms with van der Waals surface area (Å²) >= 11 is 0. The highest BCUT2D eigenvalue weighted by atomic mass is 19.4. The Bertz CT molecular complexity index is 779. The lowest BCUT2D eigenvalue weighted by atomic mass is 10.1. The van der Waals surface area contributed by atoms with Crippen LogP contribution in [-0.4, -0.2) is 21.5 Å². The third-order valence-corrected chi connectivity index (χ3v) is 3.72. The highest BCUT2D eigenvalue weighted by Gasteiger charge is 2.34. The minimum absolute atomic E-state index is 0.0271. The van der Waals surface area contributed by atoms with Crippen LogP contribution in [-0.2, 0) is 17.5 Å². The summed E-state index contributed by atoms with van der Waals surface area (Å²) in [5, 5.41) is 6.19. The van der Waals surface area contributed by atoms with E-state index >= 15 is 0 Å². The average molecular weight is 353 g/mol. The number of anilines is 1. The van der Waals surface area contributed by atoms with Crippen LogP contribution in [0.2, 0.25) is 0 Å². The zero-order chi connectivity index (χ0) is 18.8. The van der Waals surface area contributed by atoms with Gasteiger partial charge in [0.05, 0.1) is 12.5 Å². The topological polar surface area (TPSA) is 64.0 Å². The van der Waals surface area contributed by atoms with Crippen LogP contribution >= 0.6 is 0 Å². The second kappa shape index (κ2) is 7.08. The molecule has 2 aromatic rings. The minimum atomic E-state index is -4.51. The van der Waals surface area contributed by atoms with Gasteiger partial charge < -0.3 is 5.32 Å². The molecule has 0 fully saturated rings. The van der Waals surface area contributed by atoms with Crippen molar-refractivity contribution in [1.82, 2.24) is 9.78 Å². The first-order valence-corrected chi connectivity index (χ1v) is 7.61. The molecule has 1 atom stereocenters. The fourth-order valence-corrected chi connectivity index (χ4v) is 2.23. The van der Waals surface area contributed by atoms with E-state index in [1.54, 1.807) is 31.2 Å². The van der Waals surface area contributed by atoms with E-state index in [1.807, 2.05) is 0 Å². The highest BCUT2D eigenvalue weighted by molar-refractivity contribution is 5.96. The summed E-state index contributed by atoms with van der Waals surface area (Å²) in [6.07, 6.45) is -4.51. The maximum Gasteiger partial charge on any atom is 0.435 e. The standard InChI is InChI=1S/C17H18F3N3O2/c1-10(9-23-11(2)8-15(22-23)17(18,19)20)16(25)21-14-6-4-13(5-7-14)12(3)24/h4-8,10H,9H2,1-3H3,(H,21,25).